The zero-order valence-corrected chi connectivity index (χ0v) is 17.4. The number of likely N-dealkylation sites (tertiary alicyclic amines) is 1. The molecule has 152 valence electrons. The number of fused-ring (bicyclic) bond motifs is 1. The Hall–Kier alpha value is -1.53. The van der Waals surface area contributed by atoms with Gasteiger partial charge in [-0.3, -0.25) is 14.5 Å². The smallest absolute Gasteiger partial charge is 0.238 e. The van der Waals surface area contributed by atoms with Crippen LogP contribution in [0.25, 0.3) is 0 Å². The Morgan fingerprint density at radius 3 is 2.61 bits per heavy atom. The van der Waals surface area contributed by atoms with E-state index in [0.717, 1.165) is 30.2 Å². The molecule has 4 rings (SSSR count). The van der Waals surface area contributed by atoms with Gasteiger partial charge in [0.15, 0.2) is 0 Å². The third kappa shape index (κ3) is 4.38. The van der Waals surface area contributed by atoms with Crippen molar-refractivity contribution in [2.45, 2.75) is 73.5 Å². The predicted molar refractivity (Wildman–Crippen MR) is 114 cm³/mol. The Kier molecular flexibility index (Phi) is 6.26. The molecule has 2 heterocycles. The van der Waals surface area contributed by atoms with Crippen LogP contribution < -0.4 is 10.6 Å². The van der Waals surface area contributed by atoms with Gasteiger partial charge in [-0.2, -0.15) is 0 Å². The molecule has 6 heteroatoms. The van der Waals surface area contributed by atoms with Gasteiger partial charge in [0.25, 0.3) is 0 Å². The van der Waals surface area contributed by atoms with E-state index < -0.39 is 0 Å². The average Bonchev–Trinajstić information content (AvgIpc) is 2.74. The molecular formula is C22H31N3O2S. The van der Waals surface area contributed by atoms with E-state index in [0.29, 0.717) is 0 Å². The summed E-state index contributed by atoms with van der Waals surface area (Å²) in [5, 5.41) is 5.79. The quantitative estimate of drug-likeness (QED) is 0.788. The fourth-order valence-corrected chi connectivity index (χ4v) is 6.02. The van der Waals surface area contributed by atoms with Crippen molar-refractivity contribution in [1.29, 1.82) is 0 Å². The van der Waals surface area contributed by atoms with Crippen molar-refractivity contribution in [3.63, 3.8) is 0 Å². The first kappa shape index (κ1) is 19.8. The van der Waals surface area contributed by atoms with Gasteiger partial charge in [-0.15, -0.1) is 11.8 Å². The second-order valence-corrected chi connectivity index (χ2v) is 9.65. The van der Waals surface area contributed by atoms with Crippen LogP contribution in [0.5, 0.6) is 0 Å². The van der Waals surface area contributed by atoms with Crippen LogP contribution in [0, 0.1) is 0 Å². The lowest BCUT2D eigenvalue weighted by Crippen LogP contribution is -2.58. The van der Waals surface area contributed by atoms with E-state index >= 15 is 0 Å². The second kappa shape index (κ2) is 8.87. The van der Waals surface area contributed by atoms with Gasteiger partial charge < -0.3 is 10.6 Å². The minimum absolute atomic E-state index is 0.00557. The van der Waals surface area contributed by atoms with E-state index in [4.69, 9.17) is 0 Å². The van der Waals surface area contributed by atoms with Gasteiger partial charge in [0, 0.05) is 23.4 Å². The third-order valence-corrected chi connectivity index (χ3v) is 7.78. The monoisotopic (exact) mass is 401 g/mol. The fraction of sp³-hybridized carbons (Fsp3) is 0.636. The number of amides is 2. The summed E-state index contributed by atoms with van der Waals surface area (Å²) in [4.78, 5) is 28.8. The molecule has 0 spiro atoms. The predicted octanol–water partition coefficient (Wildman–Crippen LogP) is 3.79. The van der Waals surface area contributed by atoms with Crippen LogP contribution in [0.15, 0.2) is 29.2 Å². The first-order valence-electron chi connectivity index (χ1n) is 10.7. The molecule has 1 atom stereocenters. The second-order valence-electron chi connectivity index (χ2n) is 8.41. The lowest BCUT2D eigenvalue weighted by atomic mass is 9.79. The molecule has 1 unspecified atom stereocenters. The highest BCUT2D eigenvalue weighted by Crippen LogP contribution is 2.37. The Balaban J connectivity index is 1.35. The Labute approximate surface area is 172 Å². The summed E-state index contributed by atoms with van der Waals surface area (Å²) in [7, 11) is 0. The van der Waals surface area contributed by atoms with Gasteiger partial charge >= 0.3 is 0 Å². The van der Waals surface area contributed by atoms with Crippen LogP contribution in [0.4, 0.5) is 5.69 Å². The Morgan fingerprint density at radius 1 is 1.11 bits per heavy atom. The summed E-state index contributed by atoms with van der Waals surface area (Å²) in [6, 6.07) is 7.78. The summed E-state index contributed by atoms with van der Waals surface area (Å²) >= 11 is 1.50. The van der Waals surface area contributed by atoms with Gasteiger partial charge in [0.05, 0.1) is 10.9 Å². The van der Waals surface area contributed by atoms with E-state index in [-0.39, 0.29) is 29.0 Å². The molecule has 2 aliphatic heterocycles. The lowest BCUT2D eigenvalue weighted by Gasteiger charge is -2.48. The molecule has 0 bridgehead atoms. The largest absolute Gasteiger partial charge is 0.354 e. The van der Waals surface area contributed by atoms with Crippen molar-refractivity contribution in [1.82, 2.24) is 10.2 Å². The molecule has 0 radical (unpaired) electrons. The van der Waals surface area contributed by atoms with Gasteiger partial charge in [0.2, 0.25) is 11.8 Å². The van der Waals surface area contributed by atoms with Gasteiger partial charge in [-0.1, -0.05) is 37.8 Å². The fourth-order valence-electron chi connectivity index (χ4n) is 4.91. The average molecular weight is 402 g/mol. The molecule has 1 saturated heterocycles. The Morgan fingerprint density at radius 2 is 1.82 bits per heavy atom. The maximum Gasteiger partial charge on any atom is 0.238 e. The van der Waals surface area contributed by atoms with E-state index in [1.165, 1.54) is 63.1 Å². The number of carbonyl (C=O) groups is 2. The van der Waals surface area contributed by atoms with Crippen molar-refractivity contribution in [2.75, 3.05) is 25.0 Å². The van der Waals surface area contributed by atoms with E-state index in [9.17, 15) is 9.59 Å². The number of hydrogen-bond acceptors (Lipinski definition) is 4. The number of thioether (sulfide) groups is 1. The lowest BCUT2D eigenvalue weighted by molar-refractivity contribution is -0.124. The first-order chi connectivity index (χ1) is 13.7. The zero-order chi connectivity index (χ0) is 19.4. The molecule has 1 aromatic rings. The minimum Gasteiger partial charge on any atom is -0.354 e. The number of carbonyl (C=O) groups excluding carboxylic acids is 2. The summed E-state index contributed by atoms with van der Waals surface area (Å²) in [5.74, 6) is -0.0729. The normalized spacial score (nSPS) is 24.9. The number of benzene rings is 1. The van der Waals surface area contributed by atoms with E-state index in [1.54, 1.807) is 0 Å². The molecule has 0 aromatic heterocycles. The van der Waals surface area contributed by atoms with Crippen molar-refractivity contribution in [2.24, 2.45) is 0 Å². The van der Waals surface area contributed by atoms with Crippen molar-refractivity contribution < 1.29 is 9.59 Å². The van der Waals surface area contributed by atoms with Crippen LogP contribution in [0.2, 0.25) is 0 Å². The van der Waals surface area contributed by atoms with Gasteiger partial charge in [0.1, 0.15) is 0 Å². The van der Waals surface area contributed by atoms with Crippen LogP contribution in [0.3, 0.4) is 0 Å². The maximum absolute atomic E-state index is 12.7. The molecule has 2 amide bonds. The summed E-state index contributed by atoms with van der Waals surface area (Å²) in [6.07, 6.45) is 10.3. The van der Waals surface area contributed by atoms with Crippen LogP contribution in [0.1, 0.15) is 57.8 Å². The number of nitrogens with zero attached hydrogens (tertiary/aromatic N) is 1. The Bertz CT molecular complexity index is 711. The highest BCUT2D eigenvalue weighted by Gasteiger charge is 2.39. The molecule has 28 heavy (non-hydrogen) atoms. The third-order valence-electron chi connectivity index (χ3n) is 6.50. The number of anilines is 1. The van der Waals surface area contributed by atoms with E-state index in [1.807, 2.05) is 24.3 Å². The first-order valence-corrected chi connectivity index (χ1v) is 11.6. The van der Waals surface area contributed by atoms with Crippen LogP contribution >= 0.6 is 11.8 Å². The number of rotatable bonds is 5. The highest BCUT2D eigenvalue weighted by molar-refractivity contribution is 8.01. The zero-order valence-electron chi connectivity index (χ0n) is 16.5. The van der Waals surface area contributed by atoms with Crippen LogP contribution in [-0.2, 0) is 9.59 Å². The molecule has 1 saturated carbocycles. The number of piperidine rings is 1. The van der Waals surface area contributed by atoms with E-state index in [2.05, 4.69) is 15.5 Å². The number of nitrogens with one attached hydrogen (secondary N) is 2. The maximum atomic E-state index is 12.7. The standard InChI is InChI=1S/C22H31N3O2S/c26-20(15-19-21(27)24-17-9-3-4-10-18(17)28-19)23-16-22(11-5-1-6-12-22)25-13-7-2-8-14-25/h3-4,9-10,19H,1-2,5-8,11-16H2,(H,23,26)(H,24,27). The molecule has 1 aliphatic carbocycles. The molecule has 5 nitrogen and oxygen atoms in total. The van der Waals surface area contributed by atoms with Gasteiger partial charge in [-0.05, 0) is 50.9 Å². The molecule has 1 aromatic carbocycles. The summed E-state index contributed by atoms with van der Waals surface area (Å²) < 4.78 is 0. The topological polar surface area (TPSA) is 61.4 Å². The molecule has 3 aliphatic rings. The van der Waals surface area contributed by atoms with Gasteiger partial charge in [-0.25, -0.2) is 0 Å². The van der Waals surface area contributed by atoms with Crippen molar-refractivity contribution in [3.8, 4) is 0 Å². The molecule has 2 fully saturated rings. The highest BCUT2D eigenvalue weighted by atomic mass is 32.2. The molecular weight excluding hydrogens is 370 g/mol. The van der Waals surface area contributed by atoms with Crippen molar-refractivity contribution >= 4 is 29.3 Å². The SMILES string of the molecule is O=C(CC1Sc2ccccc2NC1=O)NCC1(N2CCCCC2)CCCCC1. The van der Waals surface area contributed by atoms with Crippen LogP contribution in [-0.4, -0.2) is 47.1 Å². The summed E-state index contributed by atoms with van der Waals surface area (Å²) in [5.41, 5.74) is 0.975. The number of para-hydroxylation sites is 1. The molecule has 2 N–H and O–H groups in total. The van der Waals surface area contributed by atoms with Crippen molar-refractivity contribution in [3.05, 3.63) is 24.3 Å². The minimum atomic E-state index is -0.354. The summed E-state index contributed by atoms with van der Waals surface area (Å²) in [6.45, 7) is 3.04. The number of hydrogen-bond donors (Lipinski definition) is 2.